The van der Waals surface area contributed by atoms with Crippen LogP contribution in [-0.4, -0.2) is 28.8 Å². The zero-order chi connectivity index (χ0) is 7.52. The van der Waals surface area contributed by atoms with Crippen molar-refractivity contribution < 1.29 is 4.74 Å². The van der Waals surface area contributed by atoms with Gasteiger partial charge < -0.3 is 10.1 Å². The van der Waals surface area contributed by atoms with Crippen LogP contribution in [0.4, 0.5) is 5.00 Å². The number of rotatable bonds is 2. The van der Waals surface area contributed by atoms with Crippen molar-refractivity contribution in [1.29, 1.82) is 0 Å². The Morgan fingerprint density at radius 3 is 3.36 bits per heavy atom. The summed E-state index contributed by atoms with van der Waals surface area (Å²) in [6.07, 6.45) is 2.82. The molecule has 0 bridgehead atoms. The molecule has 0 saturated carbocycles. The average Bonchev–Trinajstić information content (AvgIpc) is 2.60. The van der Waals surface area contributed by atoms with E-state index in [0.29, 0.717) is 6.04 Å². The zero-order valence-corrected chi connectivity index (χ0v) is 6.80. The van der Waals surface area contributed by atoms with Crippen molar-refractivity contribution in [2.45, 2.75) is 12.5 Å². The molecule has 2 heterocycles. The molecule has 0 spiro atoms. The van der Waals surface area contributed by atoms with Crippen molar-refractivity contribution in [2.75, 3.05) is 18.5 Å². The molecule has 11 heavy (non-hydrogen) atoms. The highest BCUT2D eigenvalue weighted by atomic mass is 32.1. The van der Waals surface area contributed by atoms with Gasteiger partial charge in [0.05, 0.1) is 18.8 Å². The van der Waals surface area contributed by atoms with Crippen molar-refractivity contribution in [3.8, 4) is 0 Å². The Hall–Kier alpha value is -0.680. The predicted octanol–water partition coefficient (Wildman–Crippen LogP) is 0.739. The van der Waals surface area contributed by atoms with Crippen LogP contribution in [0.5, 0.6) is 0 Å². The number of anilines is 1. The SMILES string of the molecule is c1nnsc1NC1CCOC1. The second-order valence-corrected chi connectivity index (χ2v) is 3.27. The van der Waals surface area contributed by atoms with E-state index in [0.717, 1.165) is 24.6 Å². The molecule has 1 atom stereocenters. The maximum Gasteiger partial charge on any atom is 0.130 e. The fraction of sp³-hybridized carbons (Fsp3) is 0.667. The third-order valence-corrected chi connectivity index (χ3v) is 2.23. The highest BCUT2D eigenvalue weighted by Gasteiger charge is 2.15. The summed E-state index contributed by atoms with van der Waals surface area (Å²) in [7, 11) is 0. The lowest BCUT2D eigenvalue weighted by Gasteiger charge is -2.07. The second-order valence-electron chi connectivity index (χ2n) is 2.49. The van der Waals surface area contributed by atoms with Crippen molar-refractivity contribution in [3.05, 3.63) is 6.20 Å². The van der Waals surface area contributed by atoms with Crippen molar-refractivity contribution in [2.24, 2.45) is 0 Å². The van der Waals surface area contributed by atoms with Gasteiger partial charge in [0, 0.05) is 18.1 Å². The summed E-state index contributed by atoms with van der Waals surface area (Å²) in [5.74, 6) is 0. The Morgan fingerprint density at radius 1 is 1.73 bits per heavy atom. The summed E-state index contributed by atoms with van der Waals surface area (Å²) >= 11 is 1.38. The number of aromatic nitrogens is 2. The quantitative estimate of drug-likeness (QED) is 0.713. The van der Waals surface area contributed by atoms with E-state index in [1.165, 1.54) is 11.5 Å². The number of hydrogen-bond donors (Lipinski definition) is 1. The van der Waals surface area contributed by atoms with Gasteiger partial charge in [-0.05, 0) is 6.42 Å². The third kappa shape index (κ3) is 1.66. The van der Waals surface area contributed by atoms with Gasteiger partial charge in [0.25, 0.3) is 0 Å². The molecule has 4 nitrogen and oxygen atoms in total. The van der Waals surface area contributed by atoms with Crippen LogP contribution >= 0.6 is 11.5 Å². The lowest BCUT2D eigenvalue weighted by Crippen LogP contribution is -2.17. The number of nitrogens with zero attached hydrogens (tertiary/aromatic N) is 2. The lowest BCUT2D eigenvalue weighted by atomic mass is 10.3. The van der Waals surface area contributed by atoms with Gasteiger partial charge in [-0.1, -0.05) is 4.49 Å². The number of ether oxygens (including phenoxy) is 1. The molecule has 60 valence electrons. The molecular weight excluding hydrogens is 162 g/mol. The number of hydrogen-bond acceptors (Lipinski definition) is 5. The van der Waals surface area contributed by atoms with Crippen molar-refractivity contribution >= 4 is 16.5 Å². The normalized spacial score (nSPS) is 23.8. The van der Waals surface area contributed by atoms with E-state index in [-0.39, 0.29) is 0 Å². The first kappa shape index (κ1) is 7.00. The fourth-order valence-electron chi connectivity index (χ4n) is 1.08. The van der Waals surface area contributed by atoms with Crippen LogP contribution in [0.1, 0.15) is 6.42 Å². The molecule has 1 aliphatic rings. The minimum Gasteiger partial charge on any atom is -0.379 e. The average molecular weight is 171 g/mol. The van der Waals surface area contributed by atoms with E-state index in [1.54, 1.807) is 6.20 Å². The Labute approximate surface area is 68.7 Å². The molecule has 0 radical (unpaired) electrons. The largest absolute Gasteiger partial charge is 0.379 e. The summed E-state index contributed by atoms with van der Waals surface area (Å²) < 4.78 is 8.96. The summed E-state index contributed by atoms with van der Waals surface area (Å²) in [6, 6.07) is 0.456. The summed E-state index contributed by atoms with van der Waals surface area (Å²) in [6.45, 7) is 1.67. The molecule has 1 aliphatic heterocycles. The molecule has 1 aromatic rings. The van der Waals surface area contributed by atoms with E-state index in [4.69, 9.17) is 4.74 Å². The van der Waals surface area contributed by atoms with Gasteiger partial charge in [0.2, 0.25) is 0 Å². The standard InChI is InChI=1S/C6H9N3OS/c1-2-10-4-5(1)8-6-3-7-9-11-6/h3,5,8H,1-2,4H2. The van der Waals surface area contributed by atoms with E-state index in [1.807, 2.05) is 0 Å². The topological polar surface area (TPSA) is 47.0 Å². The molecule has 1 unspecified atom stereocenters. The maximum absolute atomic E-state index is 5.21. The molecule has 1 aromatic heterocycles. The lowest BCUT2D eigenvalue weighted by molar-refractivity contribution is 0.195. The zero-order valence-electron chi connectivity index (χ0n) is 5.99. The van der Waals surface area contributed by atoms with Gasteiger partial charge in [-0.3, -0.25) is 0 Å². The first-order chi connectivity index (χ1) is 5.45. The third-order valence-electron chi connectivity index (χ3n) is 1.64. The Kier molecular flexibility index (Phi) is 2.00. The van der Waals surface area contributed by atoms with Gasteiger partial charge in [0.15, 0.2) is 0 Å². The van der Waals surface area contributed by atoms with Gasteiger partial charge in [0.1, 0.15) is 5.00 Å². The minimum atomic E-state index is 0.456. The molecule has 0 amide bonds. The highest BCUT2D eigenvalue weighted by Crippen LogP contribution is 2.14. The molecular formula is C6H9N3OS. The van der Waals surface area contributed by atoms with Crippen LogP contribution in [0.3, 0.4) is 0 Å². The Bertz CT molecular complexity index is 208. The van der Waals surface area contributed by atoms with Gasteiger partial charge in [-0.2, -0.15) is 0 Å². The summed E-state index contributed by atoms with van der Waals surface area (Å²) in [5, 5.41) is 8.05. The van der Waals surface area contributed by atoms with E-state index in [9.17, 15) is 0 Å². The summed E-state index contributed by atoms with van der Waals surface area (Å²) in [5.41, 5.74) is 0. The van der Waals surface area contributed by atoms with E-state index >= 15 is 0 Å². The van der Waals surface area contributed by atoms with Crippen LogP contribution in [0.15, 0.2) is 6.20 Å². The summed E-state index contributed by atoms with van der Waals surface area (Å²) in [4.78, 5) is 0. The Balaban J connectivity index is 1.90. The van der Waals surface area contributed by atoms with Gasteiger partial charge in [-0.15, -0.1) is 5.10 Å². The second kappa shape index (κ2) is 3.15. The Morgan fingerprint density at radius 2 is 2.73 bits per heavy atom. The van der Waals surface area contributed by atoms with Crippen LogP contribution in [0, 0.1) is 0 Å². The van der Waals surface area contributed by atoms with Crippen LogP contribution in [-0.2, 0) is 4.74 Å². The first-order valence-electron chi connectivity index (χ1n) is 3.57. The van der Waals surface area contributed by atoms with Gasteiger partial charge >= 0.3 is 0 Å². The van der Waals surface area contributed by atoms with Crippen molar-refractivity contribution in [3.63, 3.8) is 0 Å². The smallest absolute Gasteiger partial charge is 0.130 e. The van der Waals surface area contributed by atoms with Crippen molar-refractivity contribution in [1.82, 2.24) is 9.59 Å². The molecule has 5 heteroatoms. The molecule has 1 fully saturated rings. The predicted molar refractivity (Wildman–Crippen MR) is 42.8 cm³/mol. The van der Waals surface area contributed by atoms with Gasteiger partial charge in [-0.25, -0.2) is 0 Å². The van der Waals surface area contributed by atoms with Crippen LogP contribution < -0.4 is 5.32 Å². The van der Waals surface area contributed by atoms with Crippen LogP contribution in [0.2, 0.25) is 0 Å². The molecule has 1 saturated heterocycles. The maximum atomic E-state index is 5.21. The molecule has 2 rings (SSSR count). The van der Waals surface area contributed by atoms with E-state index in [2.05, 4.69) is 14.9 Å². The fourth-order valence-corrected chi connectivity index (χ4v) is 1.58. The molecule has 1 N–H and O–H groups in total. The van der Waals surface area contributed by atoms with E-state index < -0.39 is 0 Å². The monoisotopic (exact) mass is 171 g/mol. The van der Waals surface area contributed by atoms with Crippen LogP contribution in [0.25, 0.3) is 0 Å². The highest BCUT2D eigenvalue weighted by molar-refractivity contribution is 7.09. The molecule has 0 aromatic carbocycles. The number of nitrogens with one attached hydrogen (secondary N) is 1. The minimum absolute atomic E-state index is 0.456. The first-order valence-corrected chi connectivity index (χ1v) is 4.34. The molecule has 0 aliphatic carbocycles.